The van der Waals surface area contributed by atoms with Crippen molar-refractivity contribution < 1.29 is 19.1 Å². The van der Waals surface area contributed by atoms with Crippen LogP contribution in [0.1, 0.15) is 27.1 Å². The third kappa shape index (κ3) is 2.78. The van der Waals surface area contributed by atoms with Crippen molar-refractivity contribution in [1.82, 2.24) is 4.90 Å². The van der Waals surface area contributed by atoms with E-state index >= 15 is 0 Å². The smallest absolute Gasteiger partial charge is 0.263 e. The molecule has 25 heavy (non-hydrogen) atoms. The maximum absolute atomic E-state index is 12.8. The highest BCUT2D eigenvalue weighted by molar-refractivity contribution is 6.21. The summed E-state index contributed by atoms with van der Waals surface area (Å²) in [5.74, 6) is -0.281. The molecule has 2 amide bonds. The molecular formula is C18H15N3O4. The fraction of sp³-hybridized carbons (Fsp3) is 0.222. The van der Waals surface area contributed by atoms with Crippen molar-refractivity contribution in [3.8, 4) is 6.07 Å². The van der Waals surface area contributed by atoms with Crippen LogP contribution < -0.4 is 0 Å². The molecule has 0 N–H and O–H groups in total. The SMILES string of the molecule is COC1=CC(OC)=NC(N2C(=O)c3ccccc3C2=O)C(CC#N)=C1. The van der Waals surface area contributed by atoms with Crippen LogP contribution in [0, 0.1) is 11.3 Å². The van der Waals surface area contributed by atoms with Gasteiger partial charge < -0.3 is 9.47 Å². The second-order valence-corrected chi connectivity index (χ2v) is 5.38. The Kier molecular flexibility index (Phi) is 4.35. The van der Waals surface area contributed by atoms with E-state index in [4.69, 9.17) is 14.7 Å². The van der Waals surface area contributed by atoms with Gasteiger partial charge >= 0.3 is 0 Å². The molecule has 0 fully saturated rings. The van der Waals surface area contributed by atoms with Crippen molar-refractivity contribution in [2.24, 2.45) is 4.99 Å². The molecule has 0 aliphatic carbocycles. The molecule has 1 aromatic carbocycles. The van der Waals surface area contributed by atoms with Gasteiger partial charge in [0.25, 0.3) is 11.8 Å². The quantitative estimate of drug-likeness (QED) is 0.787. The molecule has 1 unspecified atom stereocenters. The fourth-order valence-corrected chi connectivity index (χ4v) is 2.78. The summed E-state index contributed by atoms with van der Waals surface area (Å²) in [5.41, 5.74) is 1.11. The fourth-order valence-electron chi connectivity index (χ4n) is 2.78. The number of aliphatic imine (C=N–C) groups is 1. The van der Waals surface area contributed by atoms with Gasteiger partial charge in [-0.25, -0.2) is 9.89 Å². The zero-order valence-electron chi connectivity index (χ0n) is 13.7. The summed E-state index contributed by atoms with van der Waals surface area (Å²) in [6.45, 7) is 0. The molecule has 0 spiro atoms. The number of imide groups is 1. The molecule has 1 aromatic rings. The minimum absolute atomic E-state index is 0.0146. The van der Waals surface area contributed by atoms with Gasteiger partial charge in [-0.15, -0.1) is 0 Å². The molecule has 2 aliphatic heterocycles. The molecule has 0 aromatic heterocycles. The highest BCUT2D eigenvalue weighted by Gasteiger charge is 2.41. The van der Waals surface area contributed by atoms with Gasteiger partial charge in [-0.05, 0) is 23.8 Å². The van der Waals surface area contributed by atoms with Crippen LogP contribution in [0.4, 0.5) is 0 Å². The number of allylic oxidation sites excluding steroid dienone is 1. The molecule has 7 nitrogen and oxygen atoms in total. The second kappa shape index (κ2) is 6.61. The molecule has 2 heterocycles. The van der Waals surface area contributed by atoms with E-state index in [-0.39, 0.29) is 12.3 Å². The van der Waals surface area contributed by atoms with Crippen LogP contribution in [0.2, 0.25) is 0 Å². The molecule has 1 atom stereocenters. The summed E-state index contributed by atoms with van der Waals surface area (Å²) in [6.07, 6.45) is 2.16. The van der Waals surface area contributed by atoms with Gasteiger partial charge in [0.05, 0.1) is 37.8 Å². The van der Waals surface area contributed by atoms with Crippen LogP contribution in [0.3, 0.4) is 0 Å². The Morgan fingerprint density at radius 1 is 1.12 bits per heavy atom. The Morgan fingerprint density at radius 2 is 1.76 bits per heavy atom. The Morgan fingerprint density at radius 3 is 2.28 bits per heavy atom. The first-order chi connectivity index (χ1) is 12.1. The molecule has 0 bridgehead atoms. The number of fused-ring (bicyclic) bond motifs is 1. The molecular weight excluding hydrogens is 322 g/mol. The highest BCUT2D eigenvalue weighted by atomic mass is 16.5. The first-order valence-electron chi connectivity index (χ1n) is 7.52. The van der Waals surface area contributed by atoms with E-state index in [0.717, 1.165) is 4.90 Å². The summed E-state index contributed by atoms with van der Waals surface area (Å²) < 4.78 is 10.4. The topological polar surface area (TPSA) is 92.0 Å². The minimum atomic E-state index is -0.967. The lowest BCUT2D eigenvalue weighted by atomic mass is 10.1. The average Bonchev–Trinajstić information content (AvgIpc) is 2.78. The lowest BCUT2D eigenvalue weighted by Gasteiger charge is -2.24. The lowest BCUT2D eigenvalue weighted by molar-refractivity contribution is 0.0610. The number of carbonyl (C=O) groups excluding carboxylic acids is 2. The number of methoxy groups -OCH3 is 2. The standard InChI is InChI=1S/C18H15N3O4/c1-24-12-9-11(7-8-19)16(20-15(10-12)25-2)21-17(22)13-5-3-4-6-14(13)18(21)23/h3-6,9-10,16H,7H2,1-2H3. The third-order valence-corrected chi connectivity index (χ3v) is 3.97. The van der Waals surface area contributed by atoms with Crippen molar-refractivity contribution in [3.05, 3.63) is 58.9 Å². The number of hydrogen-bond donors (Lipinski definition) is 0. The molecule has 2 aliphatic rings. The van der Waals surface area contributed by atoms with Gasteiger partial charge in [-0.3, -0.25) is 9.59 Å². The summed E-state index contributed by atoms with van der Waals surface area (Å²) >= 11 is 0. The largest absolute Gasteiger partial charge is 0.497 e. The van der Waals surface area contributed by atoms with Crippen LogP contribution in [0.15, 0.2) is 52.7 Å². The maximum Gasteiger partial charge on any atom is 0.263 e. The van der Waals surface area contributed by atoms with E-state index in [2.05, 4.69) is 4.99 Å². The first-order valence-corrected chi connectivity index (χ1v) is 7.52. The number of rotatable bonds is 3. The lowest BCUT2D eigenvalue weighted by Crippen LogP contribution is -2.40. The monoisotopic (exact) mass is 337 g/mol. The van der Waals surface area contributed by atoms with Crippen LogP contribution >= 0.6 is 0 Å². The Bertz CT molecular complexity index is 842. The predicted octanol–water partition coefficient (Wildman–Crippen LogP) is 2.04. The molecule has 7 heteroatoms. The van der Waals surface area contributed by atoms with E-state index < -0.39 is 18.0 Å². The first kappa shape index (κ1) is 16.5. The van der Waals surface area contributed by atoms with Crippen LogP contribution in [0.5, 0.6) is 0 Å². The van der Waals surface area contributed by atoms with Crippen molar-refractivity contribution >= 4 is 17.7 Å². The number of benzene rings is 1. The zero-order chi connectivity index (χ0) is 18.0. The second-order valence-electron chi connectivity index (χ2n) is 5.38. The summed E-state index contributed by atoms with van der Waals surface area (Å²) in [5, 5.41) is 9.14. The van der Waals surface area contributed by atoms with Crippen LogP contribution in [-0.4, -0.2) is 43.0 Å². The van der Waals surface area contributed by atoms with E-state index in [0.29, 0.717) is 22.5 Å². The summed E-state index contributed by atoms with van der Waals surface area (Å²) in [7, 11) is 2.90. The number of carbonyl (C=O) groups is 2. The van der Waals surface area contributed by atoms with Crippen molar-refractivity contribution in [2.45, 2.75) is 12.6 Å². The number of nitrogens with zero attached hydrogens (tertiary/aromatic N) is 3. The van der Waals surface area contributed by atoms with Crippen LogP contribution in [0.25, 0.3) is 0 Å². The summed E-state index contributed by atoms with van der Waals surface area (Å²) in [4.78, 5) is 30.9. The van der Waals surface area contributed by atoms with Gasteiger partial charge in [-0.1, -0.05) is 12.1 Å². The van der Waals surface area contributed by atoms with Gasteiger partial charge in [0.1, 0.15) is 5.76 Å². The number of ether oxygens (including phenoxy) is 2. The molecule has 126 valence electrons. The summed E-state index contributed by atoms with van der Waals surface area (Å²) in [6, 6.07) is 8.62. The van der Waals surface area contributed by atoms with Crippen molar-refractivity contribution in [3.63, 3.8) is 0 Å². The van der Waals surface area contributed by atoms with Crippen molar-refractivity contribution in [2.75, 3.05) is 14.2 Å². The Labute approximate surface area is 144 Å². The van der Waals surface area contributed by atoms with Crippen LogP contribution in [-0.2, 0) is 9.47 Å². The predicted molar refractivity (Wildman–Crippen MR) is 88.6 cm³/mol. The van der Waals surface area contributed by atoms with E-state index in [9.17, 15) is 9.59 Å². The maximum atomic E-state index is 12.8. The molecule has 0 saturated heterocycles. The number of nitriles is 1. The molecule has 0 saturated carbocycles. The Hall–Kier alpha value is -3.40. The third-order valence-electron chi connectivity index (χ3n) is 3.97. The zero-order valence-corrected chi connectivity index (χ0v) is 13.7. The number of amides is 2. The van der Waals surface area contributed by atoms with Gasteiger partial charge in [0.15, 0.2) is 6.17 Å². The van der Waals surface area contributed by atoms with E-state index in [1.54, 1.807) is 30.3 Å². The van der Waals surface area contributed by atoms with Gasteiger partial charge in [0, 0.05) is 6.08 Å². The average molecular weight is 337 g/mol. The minimum Gasteiger partial charge on any atom is -0.497 e. The van der Waals surface area contributed by atoms with Gasteiger partial charge in [-0.2, -0.15) is 5.26 Å². The number of hydrogen-bond acceptors (Lipinski definition) is 6. The molecule has 3 rings (SSSR count). The van der Waals surface area contributed by atoms with E-state index in [1.807, 2.05) is 6.07 Å². The Balaban J connectivity index is 2.10. The van der Waals surface area contributed by atoms with Gasteiger partial charge in [0.2, 0.25) is 5.90 Å². The van der Waals surface area contributed by atoms with E-state index in [1.165, 1.54) is 20.3 Å². The normalized spacial score (nSPS) is 19.3. The molecule has 0 radical (unpaired) electrons. The van der Waals surface area contributed by atoms with Crippen molar-refractivity contribution in [1.29, 1.82) is 5.26 Å². The highest BCUT2D eigenvalue weighted by Crippen LogP contribution is 2.30.